The third-order valence-corrected chi connectivity index (χ3v) is 3.56. The van der Waals surface area contributed by atoms with Crippen LogP contribution < -0.4 is 5.32 Å². The second kappa shape index (κ2) is 7.25. The second-order valence-electron chi connectivity index (χ2n) is 5.13. The van der Waals surface area contributed by atoms with Crippen LogP contribution in [0.5, 0.6) is 0 Å². The molecule has 3 unspecified atom stereocenters. The molecule has 3 heteroatoms. The molecule has 0 saturated carbocycles. The van der Waals surface area contributed by atoms with Crippen molar-refractivity contribution < 1.29 is 4.74 Å². The molecule has 0 aromatic carbocycles. The lowest BCUT2D eigenvalue weighted by atomic mass is 9.93. The molecule has 1 heterocycles. The molecule has 0 bridgehead atoms. The Morgan fingerprint density at radius 1 is 1.50 bits per heavy atom. The molecule has 0 spiro atoms. The molecule has 0 amide bonds. The summed E-state index contributed by atoms with van der Waals surface area (Å²) in [5.41, 5.74) is 0. The number of nitrogens with one attached hydrogen (secondary N) is 1. The maximum atomic E-state index is 5.32. The van der Waals surface area contributed by atoms with Gasteiger partial charge in [-0.05, 0) is 38.8 Å². The Hall–Kier alpha value is -0.120. The maximum Gasteiger partial charge on any atom is 0.0670 e. The highest BCUT2D eigenvalue weighted by Gasteiger charge is 2.25. The Morgan fingerprint density at radius 3 is 2.81 bits per heavy atom. The van der Waals surface area contributed by atoms with Crippen LogP contribution in [-0.2, 0) is 4.74 Å². The lowest BCUT2D eigenvalue weighted by molar-refractivity contribution is 0.0536. The SMILES string of the molecule is CCCNC1CCN(CC(C)OC)CC1C. The van der Waals surface area contributed by atoms with E-state index >= 15 is 0 Å². The van der Waals surface area contributed by atoms with Gasteiger partial charge in [-0.3, -0.25) is 0 Å². The minimum atomic E-state index is 0.354. The van der Waals surface area contributed by atoms with Crippen molar-refractivity contribution in [2.24, 2.45) is 5.92 Å². The number of hydrogen-bond acceptors (Lipinski definition) is 3. The van der Waals surface area contributed by atoms with Crippen LogP contribution in [-0.4, -0.2) is 50.3 Å². The predicted molar refractivity (Wildman–Crippen MR) is 68.8 cm³/mol. The molecule has 3 atom stereocenters. The molecular weight excluding hydrogens is 200 g/mol. The van der Waals surface area contributed by atoms with E-state index in [-0.39, 0.29) is 0 Å². The first-order valence-electron chi connectivity index (χ1n) is 6.65. The molecule has 3 nitrogen and oxygen atoms in total. The van der Waals surface area contributed by atoms with Gasteiger partial charge in [0.2, 0.25) is 0 Å². The normalized spacial score (nSPS) is 29.2. The summed E-state index contributed by atoms with van der Waals surface area (Å²) in [5.74, 6) is 0.754. The predicted octanol–water partition coefficient (Wildman–Crippen LogP) is 1.73. The third kappa shape index (κ3) is 4.40. The summed E-state index contributed by atoms with van der Waals surface area (Å²) in [6.45, 7) is 11.4. The standard InChI is InChI=1S/C13H28N2O/c1-5-7-14-13-6-8-15(9-11(13)2)10-12(3)16-4/h11-14H,5-10H2,1-4H3. The number of rotatable bonds is 6. The average molecular weight is 228 g/mol. The number of likely N-dealkylation sites (tertiary alicyclic amines) is 1. The fourth-order valence-electron chi connectivity index (χ4n) is 2.47. The smallest absolute Gasteiger partial charge is 0.0670 e. The number of hydrogen-bond donors (Lipinski definition) is 1. The van der Waals surface area contributed by atoms with Gasteiger partial charge in [-0.15, -0.1) is 0 Å². The molecule has 1 saturated heterocycles. The van der Waals surface area contributed by atoms with E-state index in [2.05, 4.69) is 31.0 Å². The summed E-state index contributed by atoms with van der Waals surface area (Å²) in [4.78, 5) is 2.53. The molecule has 1 aliphatic rings. The third-order valence-electron chi connectivity index (χ3n) is 3.56. The molecule has 0 aliphatic carbocycles. The lowest BCUT2D eigenvalue weighted by Crippen LogP contribution is -2.50. The molecule has 0 radical (unpaired) electrons. The van der Waals surface area contributed by atoms with Crippen LogP contribution in [0.2, 0.25) is 0 Å². The monoisotopic (exact) mass is 228 g/mol. The van der Waals surface area contributed by atoms with Crippen molar-refractivity contribution in [2.45, 2.75) is 45.8 Å². The van der Waals surface area contributed by atoms with E-state index in [9.17, 15) is 0 Å². The van der Waals surface area contributed by atoms with Crippen LogP contribution in [0.1, 0.15) is 33.6 Å². The van der Waals surface area contributed by atoms with E-state index in [0.29, 0.717) is 12.1 Å². The van der Waals surface area contributed by atoms with Crippen molar-refractivity contribution in [1.82, 2.24) is 10.2 Å². The summed E-state index contributed by atoms with van der Waals surface area (Å²) < 4.78 is 5.32. The molecule has 96 valence electrons. The Bertz CT molecular complexity index is 187. The van der Waals surface area contributed by atoms with Crippen molar-refractivity contribution in [3.63, 3.8) is 0 Å². The van der Waals surface area contributed by atoms with Crippen molar-refractivity contribution >= 4 is 0 Å². The summed E-state index contributed by atoms with van der Waals surface area (Å²) in [6, 6.07) is 0.717. The molecule has 0 aromatic heterocycles. The molecule has 0 aromatic rings. The molecule has 1 N–H and O–H groups in total. The summed E-state index contributed by atoms with van der Waals surface area (Å²) in [5, 5.41) is 3.65. The fourth-order valence-corrected chi connectivity index (χ4v) is 2.47. The number of methoxy groups -OCH3 is 1. The average Bonchev–Trinajstić information content (AvgIpc) is 2.28. The van der Waals surface area contributed by atoms with Crippen molar-refractivity contribution in [3.05, 3.63) is 0 Å². The molecular formula is C13H28N2O. The van der Waals surface area contributed by atoms with Gasteiger partial charge < -0.3 is 15.0 Å². The summed E-state index contributed by atoms with van der Waals surface area (Å²) in [6.07, 6.45) is 2.86. The van der Waals surface area contributed by atoms with Gasteiger partial charge >= 0.3 is 0 Å². The van der Waals surface area contributed by atoms with Gasteiger partial charge in [0.1, 0.15) is 0 Å². The lowest BCUT2D eigenvalue weighted by Gasteiger charge is -2.38. The van der Waals surface area contributed by atoms with Crippen LogP contribution in [0.3, 0.4) is 0 Å². The number of ether oxygens (including phenoxy) is 1. The number of piperidine rings is 1. The van der Waals surface area contributed by atoms with E-state index in [0.717, 1.165) is 19.0 Å². The molecule has 1 aliphatic heterocycles. The number of nitrogens with zero attached hydrogens (tertiary/aromatic N) is 1. The Labute approximate surface area is 101 Å². The first kappa shape index (κ1) is 13.9. The van der Waals surface area contributed by atoms with Gasteiger partial charge in [0.25, 0.3) is 0 Å². The first-order valence-corrected chi connectivity index (χ1v) is 6.65. The van der Waals surface area contributed by atoms with E-state index in [1.165, 1.54) is 25.9 Å². The largest absolute Gasteiger partial charge is 0.380 e. The van der Waals surface area contributed by atoms with E-state index in [1.54, 1.807) is 7.11 Å². The minimum Gasteiger partial charge on any atom is -0.380 e. The van der Waals surface area contributed by atoms with Gasteiger partial charge in [-0.1, -0.05) is 13.8 Å². The zero-order valence-corrected chi connectivity index (χ0v) is 11.3. The van der Waals surface area contributed by atoms with Gasteiger partial charge in [0.05, 0.1) is 6.10 Å². The molecule has 16 heavy (non-hydrogen) atoms. The highest BCUT2D eigenvalue weighted by atomic mass is 16.5. The quantitative estimate of drug-likeness (QED) is 0.749. The van der Waals surface area contributed by atoms with Gasteiger partial charge in [-0.25, -0.2) is 0 Å². The van der Waals surface area contributed by atoms with Crippen molar-refractivity contribution in [1.29, 1.82) is 0 Å². The van der Waals surface area contributed by atoms with Gasteiger partial charge in [0.15, 0.2) is 0 Å². The Balaban J connectivity index is 2.27. The van der Waals surface area contributed by atoms with Crippen molar-refractivity contribution in [2.75, 3.05) is 33.3 Å². The van der Waals surface area contributed by atoms with Crippen LogP contribution in [0.4, 0.5) is 0 Å². The zero-order chi connectivity index (χ0) is 12.0. The fraction of sp³-hybridized carbons (Fsp3) is 1.00. The minimum absolute atomic E-state index is 0.354. The van der Waals surface area contributed by atoms with Crippen LogP contribution in [0.25, 0.3) is 0 Å². The first-order chi connectivity index (χ1) is 7.67. The second-order valence-corrected chi connectivity index (χ2v) is 5.13. The van der Waals surface area contributed by atoms with Gasteiger partial charge in [-0.2, -0.15) is 0 Å². The molecule has 1 fully saturated rings. The summed E-state index contributed by atoms with van der Waals surface area (Å²) in [7, 11) is 1.80. The van der Waals surface area contributed by atoms with Crippen LogP contribution >= 0.6 is 0 Å². The van der Waals surface area contributed by atoms with Crippen molar-refractivity contribution in [3.8, 4) is 0 Å². The molecule has 1 rings (SSSR count). The van der Waals surface area contributed by atoms with Crippen LogP contribution in [0.15, 0.2) is 0 Å². The highest BCUT2D eigenvalue weighted by molar-refractivity contribution is 4.83. The highest BCUT2D eigenvalue weighted by Crippen LogP contribution is 2.17. The van der Waals surface area contributed by atoms with Gasteiger partial charge in [0, 0.05) is 26.2 Å². The Morgan fingerprint density at radius 2 is 2.25 bits per heavy atom. The summed E-state index contributed by atoms with van der Waals surface area (Å²) >= 11 is 0. The maximum absolute atomic E-state index is 5.32. The zero-order valence-electron chi connectivity index (χ0n) is 11.3. The van der Waals surface area contributed by atoms with Crippen LogP contribution in [0, 0.1) is 5.92 Å². The van der Waals surface area contributed by atoms with E-state index in [4.69, 9.17) is 4.74 Å². The topological polar surface area (TPSA) is 24.5 Å². The Kier molecular flexibility index (Phi) is 6.32. The van der Waals surface area contributed by atoms with E-state index in [1.807, 2.05) is 0 Å². The van der Waals surface area contributed by atoms with E-state index < -0.39 is 0 Å².